The number of ether oxygens (including phenoxy) is 2. The van der Waals surface area contributed by atoms with Gasteiger partial charge in [0, 0.05) is 12.1 Å². The van der Waals surface area contributed by atoms with Gasteiger partial charge in [0.25, 0.3) is 0 Å². The van der Waals surface area contributed by atoms with Gasteiger partial charge < -0.3 is 19.8 Å². The number of aryl methyl sites for hydroxylation is 1. The third-order valence-electron chi connectivity index (χ3n) is 2.70. The minimum Gasteiger partial charge on any atom is -0.493 e. The van der Waals surface area contributed by atoms with Crippen molar-refractivity contribution in [3.05, 3.63) is 34.9 Å². The maximum Gasteiger partial charge on any atom is 0.162 e. The van der Waals surface area contributed by atoms with Crippen LogP contribution in [0.2, 0.25) is 5.02 Å². The van der Waals surface area contributed by atoms with E-state index in [1.54, 1.807) is 26.5 Å². The smallest absolute Gasteiger partial charge is 0.162 e. The Morgan fingerprint density at radius 1 is 1.26 bits per heavy atom. The van der Waals surface area contributed by atoms with Crippen molar-refractivity contribution in [2.75, 3.05) is 19.5 Å². The molecule has 2 N–H and O–H groups in total. The highest BCUT2D eigenvalue weighted by molar-refractivity contribution is 6.33. The number of rotatable bonds is 5. The molecule has 1 aromatic carbocycles. The second-order valence-corrected chi connectivity index (χ2v) is 4.44. The first kappa shape index (κ1) is 13.5. The molecular formula is C13H16ClN3O2. The van der Waals surface area contributed by atoms with Gasteiger partial charge >= 0.3 is 0 Å². The van der Waals surface area contributed by atoms with Crippen molar-refractivity contribution in [2.24, 2.45) is 0 Å². The first-order chi connectivity index (χ1) is 9.13. The number of hydrogen-bond acceptors (Lipinski definition) is 4. The minimum absolute atomic E-state index is 0.578. The van der Waals surface area contributed by atoms with E-state index >= 15 is 0 Å². The third-order valence-corrected chi connectivity index (χ3v) is 3.01. The van der Waals surface area contributed by atoms with E-state index in [0.29, 0.717) is 23.1 Å². The van der Waals surface area contributed by atoms with Crippen LogP contribution in [0.1, 0.15) is 11.5 Å². The summed E-state index contributed by atoms with van der Waals surface area (Å²) in [7, 11) is 3.17. The topological polar surface area (TPSA) is 59.2 Å². The summed E-state index contributed by atoms with van der Waals surface area (Å²) in [6, 6.07) is 3.53. The predicted octanol–water partition coefficient (Wildman–Crippen LogP) is 3.00. The van der Waals surface area contributed by atoms with Crippen LogP contribution in [-0.4, -0.2) is 24.2 Å². The molecule has 0 fully saturated rings. The lowest BCUT2D eigenvalue weighted by atomic mass is 10.2. The molecule has 2 aromatic rings. The number of aromatic nitrogens is 2. The van der Waals surface area contributed by atoms with Gasteiger partial charge in [-0.3, -0.25) is 0 Å². The van der Waals surface area contributed by atoms with Gasteiger partial charge in [0.1, 0.15) is 5.82 Å². The van der Waals surface area contributed by atoms with Crippen LogP contribution in [0.5, 0.6) is 11.5 Å². The highest BCUT2D eigenvalue weighted by atomic mass is 35.5. The van der Waals surface area contributed by atoms with E-state index in [9.17, 15) is 0 Å². The van der Waals surface area contributed by atoms with Gasteiger partial charge in [-0.1, -0.05) is 11.6 Å². The van der Waals surface area contributed by atoms with Crippen molar-refractivity contribution in [2.45, 2.75) is 13.5 Å². The second-order valence-electron chi connectivity index (χ2n) is 4.03. The molecule has 0 atom stereocenters. The molecule has 0 radical (unpaired) electrons. The summed E-state index contributed by atoms with van der Waals surface area (Å²) >= 11 is 6.18. The Bertz CT molecular complexity index is 569. The normalized spacial score (nSPS) is 10.3. The number of anilines is 1. The maximum atomic E-state index is 6.18. The fourth-order valence-corrected chi connectivity index (χ4v) is 1.96. The van der Waals surface area contributed by atoms with E-state index in [1.807, 2.05) is 13.0 Å². The number of benzene rings is 1. The summed E-state index contributed by atoms with van der Waals surface area (Å²) in [6.07, 6.45) is 1.79. The number of nitrogens with zero attached hydrogens (tertiary/aromatic N) is 1. The van der Waals surface area contributed by atoms with Gasteiger partial charge in [-0.05, 0) is 6.92 Å². The van der Waals surface area contributed by atoms with Gasteiger partial charge in [-0.25, -0.2) is 4.98 Å². The molecule has 0 aliphatic carbocycles. The molecule has 0 saturated carbocycles. The van der Waals surface area contributed by atoms with Crippen LogP contribution < -0.4 is 14.8 Å². The number of halogens is 1. The number of imidazole rings is 1. The lowest BCUT2D eigenvalue weighted by Crippen LogP contribution is -2.01. The highest BCUT2D eigenvalue weighted by Gasteiger charge is 2.09. The van der Waals surface area contributed by atoms with Crippen LogP contribution in [0.4, 0.5) is 5.69 Å². The standard InChI is InChI=1S/C13H16ClN3O2/c1-8-15-6-9(17-8)7-16-11-5-13(19-3)12(18-2)4-10(11)14/h4-6,16H,7H2,1-3H3,(H,15,17). The molecule has 0 aliphatic rings. The monoisotopic (exact) mass is 281 g/mol. The van der Waals surface area contributed by atoms with Crippen LogP contribution in [0.25, 0.3) is 0 Å². The number of methoxy groups -OCH3 is 2. The van der Waals surface area contributed by atoms with E-state index in [4.69, 9.17) is 21.1 Å². The fraction of sp³-hybridized carbons (Fsp3) is 0.308. The quantitative estimate of drug-likeness (QED) is 0.884. The fourth-order valence-electron chi connectivity index (χ4n) is 1.74. The average molecular weight is 282 g/mol. The highest BCUT2D eigenvalue weighted by Crippen LogP contribution is 2.36. The Balaban J connectivity index is 2.15. The molecule has 5 nitrogen and oxygen atoms in total. The van der Waals surface area contributed by atoms with Gasteiger partial charge in [0.2, 0.25) is 0 Å². The van der Waals surface area contributed by atoms with Crippen LogP contribution in [0, 0.1) is 6.92 Å². The van der Waals surface area contributed by atoms with E-state index in [-0.39, 0.29) is 0 Å². The number of H-pyrrole nitrogens is 1. The summed E-state index contributed by atoms with van der Waals surface area (Å²) in [5.74, 6) is 2.13. The van der Waals surface area contributed by atoms with Crippen molar-refractivity contribution in [3.8, 4) is 11.5 Å². The molecule has 0 bridgehead atoms. The van der Waals surface area contributed by atoms with E-state index < -0.39 is 0 Å². The Kier molecular flexibility index (Phi) is 4.16. The van der Waals surface area contributed by atoms with Crippen LogP contribution in [0.3, 0.4) is 0 Å². The van der Waals surface area contributed by atoms with Crippen molar-refractivity contribution in [3.63, 3.8) is 0 Å². The lowest BCUT2D eigenvalue weighted by molar-refractivity contribution is 0.355. The Labute approximate surface area is 116 Å². The number of aromatic amines is 1. The second kappa shape index (κ2) is 5.84. The lowest BCUT2D eigenvalue weighted by Gasteiger charge is -2.12. The minimum atomic E-state index is 0.578. The first-order valence-corrected chi connectivity index (χ1v) is 6.17. The Hall–Kier alpha value is -1.88. The predicted molar refractivity (Wildman–Crippen MR) is 75.2 cm³/mol. The maximum absolute atomic E-state index is 6.18. The van der Waals surface area contributed by atoms with Crippen LogP contribution in [-0.2, 0) is 6.54 Å². The van der Waals surface area contributed by atoms with Gasteiger partial charge in [-0.15, -0.1) is 0 Å². The molecule has 1 heterocycles. The third kappa shape index (κ3) is 3.12. The van der Waals surface area contributed by atoms with Gasteiger partial charge in [0.05, 0.1) is 43.4 Å². The first-order valence-electron chi connectivity index (χ1n) is 5.80. The molecule has 102 valence electrons. The molecule has 0 saturated heterocycles. The molecule has 1 aromatic heterocycles. The van der Waals surface area contributed by atoms with Crippen molar-refractivity contribution < 1.29 is 9.47 Å². The summed E-state index contributed by atoms with van der Waals surface area (Å²) in [5.41, 5.74) is 1.77. The SMILES string of the molecule is COc1cc(Cl)c(NCc2cnc(C)[nH]2)cc1OC. The number of hydrogen-bond donors (Lipinski definition) is 2. The van der Waals surface area contributed by atoms with E-state index in [0.717, 1.165) is 17.2 Å². The zero-order chi connectivity index (χ0) is 13.8. The number of nitrogens with one attached hydrogen (secondary N) is 2. The van der Waals surface area contributed by atoms with Gasteiger partial charge in [-0.2, -0.15) is 0 Å². The molecule has 0 amide bonds. The average Bonchev–Trinajstić information content (AvgIpc) is 2.82. The van der Waals surface area contributed by atoms with Crippen molar-refractivity contribution in [1.82, 2.24) is 9.97 Å². The molecule has 6 heteroatoms. The zero-order valence-corrected chi connectivity index (χ0v) is 11.8. The summed E-state index contributed by atoms with van der Waals surface area (Å²) in [4.78, 5) is 7.28. The molecule has 0 spiro atoms. The van der Waals surface area contributed by atoms with Crippen LogP contribution >= 0.6 is 11.6 Å². The Morgan fingerprint density at radius 2 is 1.95 bits per heavy atom. The molecule has 19 heavy (non-hydrogen) atoms. The summed E-state index contributed by atoms with van der Waals surface area (Å²) < 4.78 is 10.4. The Morgan fingerprint density at radius 3 is 2.53 bits per heavy atom. The molecule has 0 aliphatic heterocycles. The van der Waals surface area contributed by atoms with Crippen molar-refractivity contribution >= 4 is 17.3 Å². The van der Waals surface area contributed by atoms with Gasteiger partial charge in [0.15, 0.2) is 11.5 Å². The zero-order valence-electron chi connectivity index (χ0n) is 11.1. The molecule has 2 rings (SSSR count). The largest absolute Gasteiger partial charge is 0.493 e. The molecular weight excluding hydrogens is 266 g/mol. The van der Waals surface area contributed by atoms with E-state index in [1.165, 1.54) is 0 Å². The molecule has 0 unspecified atom stereocenters. The van der Waals surface area contributed by atoms with Crippen LogP contribution in [0.15, 0.2) is 18.3 Å². The van der Waals surface area contributed by atoms with E-state index in [2.05, 4.69) is 15.3 Å². The summed E-state index contributed by atoms with van der Waals surface area (Å²) in [6.45, 7) is 2.52. The van der Waals surface area contributed by atoms with Crippen molar-refractivity contribution in [1.29, 1.82) is 0 Å². The summed E-state index contributed by atoms with van der Waals surface area (Å²) in [5, 5.41) is 3.81.